The van der Waals surface area contributed by atoms with Gasteiger partial charge in [-0.15, -0.1) is 0 Å². The number of non-ortho nitro benzene ring substituents is 1. The molecule has 1 aromatic rings. The van der Waals surface area contributed by atoms with Gasteiger partial charge in [-0.05, 0) is 5.56 Å². The van der Waals surface area contributed by atoms with Crippen molar-refractivity contribution in [3.05, 3.63) is 80.1 Å². The predicted octanol–water partition coefficient (Wildman–Crippen LogP) is 1.73. The highest BCUT2D eigenvalue weighted by atomic mass is 16.6. The van der Waals surface area contributed by atoms with Crippen molar-refractivity contribution in [3.8, 4) is 17.0 Å². The van der Waals surface area contributed by atoms with E-state index in [2.05, 4.69) is 5.32 Å². The first-order chi connectivity index (χ1) is 12.4. The summed E-state index contributed by atoms with van der Waals surface area (Å²) in [5, 5.41) is 33.3. The van der Waals surface area contributed by atoms with Crippen LogP contribution < -0.4 is 10.7 Å². The highest BCUT2D eigenvalue weighted by molar-refractivity contribution is 6.03. The van der Waals surface area contributed by atoms with Gasteiger partial charge in [0.25, 0.3) is 11.3 Å². The maximum atomic E-state index is 12.5. The standard InChI is InChI=1S/C17H13N3O6/c21-14-7-12-11(6-13(14)20(25)26)9-19(24)17(23)15(12)16(22)18-8-10-4-2-1-3-5-10/h1-7,9,23-24H,8H2,(H,18,22). The van der Waals surface area contributed by atoms with Crippen molar-refractivity contribution < 1.29 is 20.0 Å². The first-order valence-electron chi connectivity index (χ1n) is 7.46. The molecule has 0 saturated heterocycles. The molecule has 0 bridgehead atoms. The Labute approximate surface area is 146 Å². The zero-order valence-electron chi connectivity index (χ0n) is 13.2. The van der Waals surface area contributed by atoms with E-state index in [0.717, 1.165) is 23.9 Å². The summed E-state index contributed by atoms with van der Waals surface area (Å²) in [6, 6.07) is 10.8. The third-order valence-electron chi connectivity index (χ3n) is 3.82. The van der Waals surface area contributed by atoms with Crippen LogP contribution in [0.1, 0.15) is 15.9 Å². The number of nitro groups is 1. The number of carbonyl (C=O) groups is 1. The van der Waals surface area contributed by atoms with Gasteiger partial charge in [0.2, 0.25) is 5.88 Å². The predicted molar refractivity (Wildman–Crippen MR) is 90.4 cm³/mol. The van der Waals surface area contributed by atoms with Crippen molar-refractivity contribution >= 4 is 11.6 Å². The molecule has 1 heterocycles. The molecular weight excluding hydrogens is 342 g/mol. The Hall–Kier alpha value is -3.88. The summed E-state index contributed by atoms with van der Waals surface area (Å²) in [5.74, 6) is -1.52. The first kappa shape index (κ1) is 17.0. The molecule has 1 amide bonds. The van der Waals surface area contributed by atoms with Crippen LogP contribution in [0.3, 0.4) is 0 Å². The molecular formula is C17H13N3O6. The smallest absolute Gasteiger partial charge is 0.316 e. The van der Waals surface area contributed by atoms with Crippen LogP contribution >= 0.6 is 0 Å². The maximum absolute atomic E-state index is 12.5. The minimum Gasteiger partial charge on any atom is -0.492 e. The molecule has 2 aliphatic rings. The zero-order chi connectivity index (χ0) is 18.8. The third-order valence-corrected chi connectivity index (χ3v) is 3.82. The topological polar surface area (TPSA) is 135 Å². The van der Waals surface area contributed by atoms with Crippen LogP contribution in [0.5, 0.6) is 5.88 Å². The van der Waals surface area contributed by atoms with E-state index in [1.54, 1.807) is 24.3 Å². The minimum atomic E-state index is -0.908. The summed E-state index contributed by atoms with van der Waals surface area (Å²) in [5.41, 5.74) is -1.10. The van der Waals surface area contributed by atoms with Gasteiger partial charge in [-0.3, -0.25) is 19.7 Å². The van der Waals surface area contributed by atoms with Crippen LogP contribution in [0.25, 0.3) is 11.1 Å². The van der Waals surface area contributed by atoms with E-state index in [0.29, 0.717) is 0 Å². The zero-order valence-corrected chi connectivity index (χ0v) is 13.2. The van der Waals surface area contributed by atoms with Gasteiger partial charge >= 0.3 is 5.69 Å². The number of amides is 1. The average molecular weight is 355 g/mol. The molecule has 1 aliphatic heterocycles. The lowest BCUT2D eigenvalue weighted by Crippen LogP contribution is -2.25. The Morgan fingerprint density at radius 2 is 1.92 bits per heavy atom. The fraction of sp³-hybridized carbons (Fsp3) is 0.0588. The fourth-order valence-electron chi connectivity index (χ4n) is 2.57. The molecule has 0 fully saturated rings. The van der Waals surface area contributed by atoms with Crippen LogP contribution in [0, 0.1) is 10.1 Å². The van der Waals surface area contributed by atoms with Gasteiger partial charge in [-0.1, -0.05) is 30.3 Å². The van der Waals surface area contributed by atoms with Crippen molar-refractivity contribution in [3.63, 3.8) is 0 Å². The van der Waals surface area contributed by atoms with Gasteiger partial charge in [0.05, 0.1) is 11.1 Å². The SMILES string of the molecule is O=C(NCc1ccccc1)c1c2cc(=O)c([N+](=O)[O-])cc-2cn(O)c1O. The Balaban J connectivity index is 2.05. The van der Waals surface area contributed by atoms with Crippen LogP contribution in [0.2, 0.25) is 0 Å². The van der Waals surface area contributed by atoms with Gasteiger partial charge in [0.15, 0.2) is 0 Å². The van der Waals surface area contributed by atoms with Gasteiger partial charge in [-0.25, -0.2) is 0 Å². The first-order valence-corrected chi connectivity index (χ1v) is 7.46. The second kappa shape index (κ2) is 6.55. The Kier molecular flexibility index (Phi) is 4.27. The Morgan fingerprint density at radius 1 is 1.23 bits per heavy atom. The lowest BCUT2D eigenvalue weighted by atomic mass is 9.98. The third kappa shape index (κ3) is 3.05. The summed E-state index contributed by atoms with van der Waals surface area (Å²) >= 11 is 0. The van der Waals surface area contributed by atoms with Gasteiger partial charge in [0.1, 0.15) is 5.56 Å². The van der Waals surface area contributed by atoms with Crippen LogP contribution in [0.4, 0.5) is 5.69 Å². The van der Waals surface area contributed by atoms with Crippen LogP contribution in [0.15, 0.2) is 53.5 Å². The van der Waals surface area contributed by atoms with Crippen molar-refractivity contribution in [1.29, 1.82) is 0 Å². The number of carbonyl (C=O) groups excluding carboxylic acids is 1. The van der Waals surface area contributed by atoms with E-state index in [9.17, 15) is 30.0 Å². The molecule has 0 unspecified atom stereocenters. The van der Waals surface area contributed by atoms with Crippen molar-refractivity contribution in [2.75, 3.05) is 0 Å². The number of benzene rings is 2. The molecule has 0 saturated carbocycles. The maximum Gasteiger partial charge on any atom is 0.316 e. The molecule has 0 radical (unpaired) electrons. The van der Waals surface area contributed by atoms with E-state index >= 15 is 0 Å². The molecule has 9 nitrogen and oxygen atoms in total. The van der Waals surface area contributed by atoms with E-state index in [1.165, 1.54) is 0 Å². The molecule has 0 aromatic heterocycles. The normalized spacial score (nSPS) is 10.6. The fourth-order valence-corrected chi connectivity index (χ4v) is 2.57. The molecule has 3 N–H and O–H groups in total. The number of aromatic hydroxyl groups is 1. The van der Waals surface area contributed by atoms with Crippen LogP contribution in [-0.2, 0) is 6.54 Å². The second-order valence-electron chi connectivity index (χ2n) is 5.50. The second-order valence-corrected chi connectivity index (χ2v) is 5.50. The number of hydrogen-bond acceptors (Lipinski definition) is 6. The van der Waals surface area contributed by atoms with Crippen molar-refractivity contribution in [1.82, 2.24) is 10.0 Å². The number of aromatic nitrogens is 1. The van der Waals surface area contributed by atoms with Gasteiger partial charge in [0, 0.05) is 29.8 Å². The van der Waals surface area contributed by atoms with E-state index in [4.69, 9.17) is 0 Å². The van der Waals surface area contributed by atoms with E-state index in [1.807, 2.05) is 6.07 Å². The molecule has 1 aliphatic carbocycles. The quantitative estimate of drug-likeness (QED) is 0.371. The number of nitrogens with zero attached hydrogens (tertiary/aromatic N) is 2. The lowest BCUT2D eigenvalue weighted by molar-refractivity contribution is -0.385. The Bertz CT molecular complexity index is 1030. The Morgan fingerprint density at radius 3 is 2.58 bits per heavy atom. The van der Waals surface area contributed by atoms with Crippen LogP contribution in [-0.4, -0.2) is 25.9 Å². The minimum absolute atomic E-state index is 0.00559. The summed E-state index contributed by atoms with van der Waals surface area (Å²) < 4.78 is 0.272. The largest absolute Gasteiger partial charge is 0.492 e. The molecule has 132 valence electrons. The lowest BCUT2D eigenvalue weighted by Gasteiger charge is -2.15. The van der Waals surface area contributed by atoms with Gasteiger partial charge in [-0.2, -0.15) is 4.73 Å². The van der Waals surface area contributed by atoms with Gasteiger partial charge < -0.3 is 15.6 Å². The average Bonchev–Trinajstić information content (AvgIpc) is 2.61. The van der Waals surface area contributed by atoms with Crippen molar-refractivity contribution in [2.24, 2.45) is 0 Å². The summed E-state index contributed by atoms with van der Waals surface area (Å²) in [7, 11) is 0. The molecule has 3 rings (SSSR count). The summed E-state index contributed by atoms with van der Waals surface area (Å²) in [6.45, 7) is 0.151. The number of fused-ring (bicyclic) bond motifs is 1. The highest BCUT2D eigenvalue weighted by Crippen LogP contribution is 2.32. The number of hydrogen-bond donors (Lipinski definition) is 3. The number of nitro benzene ring substituents is 1. The van der Waals surface area contributed by atoms with E-state index in [-0.39, 0.29) is 28.0 Å². The number of pyridine rings is 1. The molecule has 0 atom stereocenters. The van der Waals surface area contributed by atoms with Crippen molar-refractivity contribution in [2.45, 2.75) is 6.54 Å². The highest BCUT2D eigenvalue weighted by Gasteiger charge is 2.26. The van der Waals surface area contributed by atoms with E-state index < -0.39 is 27.8 Å². The molecule has 1 aromatic carbocycles. The number of rotatable bonds is 4. The molecule has 9 heteroatoms. The summed E-state index contributed by atoms with van der Waals surface area (Å²) in [4.78, 5) is 34.5. The monoisotopic (exact) mass is 355 g/mol. The molecule has 0 spiro atoms. The summed E-state index contributed by atoms with van der Waals surface area (Å²) in [6.07, 6.45) is 0.977. The number of nitrogens with one attached hydrogen (secondary N) is 1. The molecule has 26 heavy (non-hydrogen) atoms.